The van der Waals surface area contributed by atoms with Crippen LogP contribution in [0.3, 0.4) is 0 Å². The average molecular weight is 445 g/mol. The molecule has 0 spiro atoms. The lowest BCUT2D eigenvalue weighted by Crippen LogP contribution is -2.27. The summed E-state index contributed by atoms with van der Waals surface area (Å²) < 4.78 is 8.46. The predicted molar refractivity (Wildman–Crippen MR) is 114 cm³/mol. The molecule has 0 amide bonds. The van der Waals surface area contributed by atoms with Gasteiger partial charge in [-0.15, -0.1) is 0 Å². The molecule has 1 aliphatic heterocycles. The zero-order valence-electron chi connectivity index (χ0n) is 15.1. The summed E-state index contributed by atoms with van der Waals surface area (Å²) in [5.74, 6) is 0.815. The maximum Gasteiger partial charge on any atom is 0.262 e. The van der Waals surface area contributed by atoms with E-state index in [2.05, 4.69) is 35.0 Å². The monoisotopic (exact) mass is 444 g/mol. The maximum atomic E-state index is 13.4. The van der Waals surface area contributed by atoms with E-state index in [1.807, 2.05) is 41.0 Å². The minimum atomic E-state index is -0.0958. The Kier molecular flexibility index (Phi) is 5.66. The largest absolute Gasteiger partial charge is 0.377 e. The van der Waals surface area contributed by atoms with Gasteiger partial charge in [0.2, 0.25) is 0 Å². The third kappa shape index (κ3) is 3.98. The second kappa shape index (κ2) is 8.17. The van der Waals surface area contributed by atoms with Gasteiger partial charge in [0.25, 0.3) is 5.56 Å². The van der Waals surface area contributed by atoms with Crippen LogP contribution in [0.15, 0.2) is 63.0 Å². The summed E-state index contributed by atoms with van der Waals surface area (Å²) in [6, 6.07) is 15.7. The van der Waals surface area contributed by atoms with E-state index in [1.54, 1.807) is 11.8 Å². The minimum absolute atomic E-state index is 0.00695. The SMILES string of the molecule is CC(c1ccccc1)n1c(SCC2CCCO2)nc2ccc(Br)cc2c1=O. The number of hydrogen-bond donors (Lipinski definition) is 0. The third-order valence-corrected chi connectivity index (χ3v) is 6.50. The van der Waals surface area contributed by atoms with Gasteiger partial charge in [-0.05, 0) is 43.5 Å². The van der Waals surface area contributed by atoms with Crippen LogP contribution >= 0.6 is 27.7 Å². The molecule has 1 aromatic heterocycles. The molecular weight excluding hydrogens is 424 g/mol. The van der Waals surface area contributed by atoms with Crippen molar-refractivity contribution in [1.82, 2.24) is 9.55 Å². The molecule has 1 fully saturated rings. The molecule has 0 radical (unpaired) electrons. The van der Waals surface area contributed by atoms with Gasteiger partial charge in [0.05, 0.1) is 23.0 Å². The molecule has 0 saturated carbocycles. The summed E-state index contributed by atoms with van der Waals surface area (Å²) in [7, 11) is 0. The lowest BCUT2D eigenvalue weighted by molar-refractivity contribution is 0.129. The van der Waals surface area contributed by atoms with Crippen LogP contribution in [0.5, 0.6) is 0 Å². The molecule has 2 aromatic carbocycles. The summed E-state index contributed by atoms with van der Waals surface area (Å²) in [6.07, 6.45) is 2.43. The maximum absolute atomic E-state index is 13.4. The van der Waals surface area contributed by atoms with Crippen LogP contribution in [0.1, 0.15) is 31.4 Å². The Morgan fingerprint density at radius 2 is 2.11 bits per heavy atom. The molecular formula is C21H21BrN2O2S. The fraction of sp³-hybridized carbons (Fsp3) is 0.333. The highest BCUT2D eigenvalue weighted by molar-refractivity contribution is 9.10. The third-order valence-electron chi connectivity index (χ3n) is 4.92. The second-order valence-corrected chi connectivity index (χ2v) is 8.67. The fourth-order valence-corrected chi connectivity index (χ4v) is 4.92. The van der Waals surface area contributed by atoms with E-state index in [-0.39, 0.29) is 17.7 Å². The number of ether oxygens (including phenoxy) is 1. The highest BCUT2D eigenvalue weighted by Crippen LogP contribution is 2.28. The number of thioether (sulfide) groups is 1. The van der Waals surface area contributed by atoms with Crippen LogP contribution in [0.2, 0.25) is 0 Å². The van der Waals surface area contributed by atoms with Crippen molar-refractivity contribution in [2.45, 2.75) is 37.1 Å². The summed E-state index contributed by atoms with van der Waals surface area (Å²) in [5.41, 5.74) is 1.82. The highest BCUT2D eigenvalue weighted by Gasteiger charge is 2.21. The molecule has 4 nitrogen and oxygen atoms in total. The van der Waals surface area contributed by atoms with Crippen LogP contribution in [0, 0.1) is 0 Å². The summed E-state index contributed by atoms with van der Waals surface area (Å²) in [6.45, 7) is 2.88. The first-order chi connectivity index (χ1) is 13.1. The standard InChI is InChI=1S/C21H21BrN2O2S/c1-14(15-6-3-2-4-7-15)24-20(25)18-12-16(22)9-10-19(18)23-21(24)27-13-17-8-5-11-26-17/h2-4,6-7,9-10,12,14,17H,5,8,11,13H2,1H3. The zero-order valence-corrected chi connectivity index (χ0v) is 17.5. The molecule has 3 aromatic rings. The van der Waals surface area contributed by atoms with Crippen LogP contribution in [-0.2, 0) is 4.74 Å². The van der Waals surface area contributed by atoms with Crippen molar-refractivity contribution < 1.29 is 4.74 Å². The molecule has 4 rings (SSSR count). The van der Waals surface area contributed by atoms with E-state index >= 15 is 0 Å². The summed E-state index contributed by atoms with van der Waals surface area (Å²) >= 11 is 5.09. The Balaban J connectivity index is 1.80. The van der Waals surface area contributed by atoms with E-state index in [0.29, 0.717) is 5.39 Å². The van der Waals surface area contributed by atoms with Crippen molar-refractivity contribution in [2.24, 2.45) is 0 Å². The Labute approximate surface area is 171 Å². The van der Waals surface area contributed by atoms with Gasteiger partial charge in [-0.2, -0.15) is 0 Å². The van der Waals surface area contributed by atoms with E-state index in [1.165, 1.54) is 0 Å². The number of fused-ring (bicyclic) bond motifs is 1. The van der Waals surface area contributed by atoms with Gasteiger partial charge in [-0.3, -0.25) is 9.36 Å². The van der Waals surface area contributed by atoms with Gasteiger partial charge in [0.15, 0.2) is 5.16 Å². The molecule has 0 bridgehead atoms. The van der Waals surface area contributed by atoms with Crippen LogP contribution in [0.4, 0.5) is 0 Å². The van der Waals surface area contributed by atoms with Crippen molar-refractivity contribution in [3.63, 3.8) is 0 Å². The molecule has 1 aliphatic rings. The van der Waals surface area contributed by atoms with Gasteiger partial charge < -0.3 is 4.74 Å². The average Bonchev–Trinajstić information content (AvgIpc) is 3.21. The van der Waals surface area contributed by atoms with E-state index in [9.17, 15) is 4.79 Å². The number of halogens is 1. The normalized spacial score (nSPS) is 18.1. The highest BCUT2D eigenvalue weighted by atomic mass is 79.9. The second-order valence-electron chi connectivity index (χ2n) is 6.76. The van der Waals surface area contributed by atoms with Crippen molar-refractivity contribution in [3.8, 4) is 0 Å². The quantitative estimate of drug-likeness (QED) is 0.408. The minimum Gasteiger partial charge on any atom is -0.377 e. The summed E-state index contributed by atoms with van der Waals surface area (Å²) in [5, 5.41) is 1.38. The van der Waals surface area contributed by atoms with Crippen LogP contribution in [-0.4, -0.2) is 28.0 Å². The number of benzene rings is 2. The van der Waals surface area contributed by atoms with Gasteiger partial charge in [0, 0.05) is 16.8 Å². The Morgan fingerprint density at radius 3 is 2.85 bits per heavy atom. The zero-order chi connectivity index (χ0) is 18.8. The van der Waals surface area contributed by atoms with Crippen molar-refractivity contribution in [1.29, 1.82) is 0 Å². The molecule has 27 heavy (non-hydrogen) atoms. The van der Waals surface area contributed by atoms with Crippen molar-refractivity contribution in [3.05, 3.63) is 68.9 Å². The van der Waals surface area contributed by atoms with Crippen molar-refractivity contribution >= 4 is 38.6 Å². The van der Waals surface area contributed by atoms with Gasteiger partial charge in [-0.1, -0.05) is 58.0 Å². The van der Waals surface area contributed by atoms with Crippen LogP contribution in [0.25, 0.3) is 10.9 Å². The number of rotatable bonds is 5. The lowest BCUT2D eigenvalue weighted by Gasteiger charge is -2.20. The molecule has 1 saturated heterocycles. The molecule has 0 N–H and O–H groups in total. The Bertz CT molecular complexity index is 1000. The van der Waals surface area contributed by atoms with Gasteiger partial charge >= 0.3 is 0 Å². The molecule has 0 aliphatic carbocycles. The van der Waals surface area contributed by atoms with E-state index in [4.69, 9.17) is 9.72 Å². The lowest BCUT2D eigenvalue weighted by atomic mass is 10.1. The smallest absolute Gasteiger partial charge is 0.262 e. The number of hydrogen-bond acceptors (Lipinski definition) is 4. The number of aromatic nitrogens is 2. The molecule has 140 valence electrons. The first-order valence-electron chi connectivity index (χ1n) is 9.14. The van der Waals surface area contributed by atoms with E-state index in [0.717, 1.165) is 45.9 Å². The fourth-order valence-electron chi connectivity index (χ4n) is 3.42. The Morgan fingerprint density at radius 1 is 1.30 bits per heavy atom. The molecule has 2 unspecified atom stereocenters. The first kappa shape index (κ1) is 18.7. The van der Waals surface area contributed by atoms with E-state index < -0.39 is 0 Å². The first-order valence-corrected chi connectivity index (χ1v) is 10.9. The van der Waals surface area contributed by atoms with Gasteiger partial charge in [-0.25, -0.2) is 4.98 Å². The van der Waals surface area contributed by atoms with Crippen molar-refractivity contribution in [2.75, 3.05) is 12.4 Å². The van der Waals surface area contributed by atoms with Crippen LogP contribution < -0.4 is 5.56 Å². The van der Waals surface area contributed by atoms with Gasteiger partial charge in [0.1, 0.15) is 0 Å². The topological polar surface area (TPSA) is 44.1 Å². The Hall–Kier alpha value is -1.63. The molecule has 2 heterocycles. The molecule has 2 atom stereocenters. The number of nitrogens with zero attached hydrogens (tertiary/aromatic N) is 2. The predicted octanol–water partition coefficient (Wildman–Crippen LogP) is 5.04. The molecule has 6 heteroatoms. The summed E-state index contributed by atoms with van der Waals surface area (Å²) in [4.78, 5) is 18.2.